The summed E-state index contributed by atoms with van der Waals surface area (Å²) in [7, 11) is 0. The Hall–Kier alpha value is -1.71. The highest BCUT2D eigenvalue weighted by Gasteiger charge is 2.12. The van der Waals surface area contributed by atoms with Crippen LogP contribution in [0.1, 0.15) is 22.8 Å². The Labute approximate surface area is 126 Å². The molecule has 1 N–H and O–H groups in total. The molecule has 1 atom stereocenters. The van der Waals surface area contributed by atoms with Crippen LogP contribution in [0.25, 0.3) is 10.9 Å². The molecule has 0 amide bonds. The highest BCUT2D eigenvalue weighted by molar-refractivity contribution is 9.10. The van der Waals surface area contributed by atoms with Crippen molar-refractivity contribution >= 4 is 26.8 Å². The number of rotatable bonds is 2. The molecule has 0 saturated heterocycles. The number of hydrogen-bond acceptors (Lipinski definition) is 2. The van der Waals surface area contributed by atoms with Crippen molar-refractivity contribution in [2.75, 3.05) is 0 Å². The van der Waals surface area contributed by atoms with E-state index >= 15 is 0 Å². The predicted octanol–water partition coefficient (Wildman–Crippen LogP) is 4.39. The lowest BCUT2D eigenvalue weighted by atomic mass is 9.99. The zero-order valence-electron chi connectivity index (χ0n) is 11.0. The summed E-state index contributed by atoms with van der Waals surface area (Å²) in [6.07, 6.45) is 1.12. The number of aliphatic hydroxyl groups is 1. The molecule has 0 radical (unpaired) electrons. The zero-order chi connectivity index (χ0) is 14.1. The summed E-state index contributed by atoms with van der Waals surface area (Å²) < 4.78 is 1.01. The summed E-state index contributed by atoms with van der Waals surface area (Å²) in [6.45, 7) is 2.03. The van der Waals surface area contributed by atoms with E-state index in [4.69, 9.17) is 0 Å². The van der Waals surface area contributed by atoms with Gasteiger partial charge in [-0.05, 0) is 41.8 Å². The molecule has 0 spiro atoms. The highest BCUT2D eigenvalue weighted by atomic mass is 79.9. The van der Waals surface area contributed by atoms with Gasteiger partial charge in [-0.2, -0.15) is 0 Å². The van der Waals surface area contributed by atoms with Crippen LogP contribution in [0, 0.1) is 6.92 Å². The Morgan fingerprint density at radius 3 is 2.60 bits per heavy atom. The van der Waals surface area contributed by atoms with Crippen LogP contribution in [0.3, 0.4) is 0 Å². The number of halogens is 1. The van der Waals surface area contributed by atoms with Gasteiger partial charge >= 0.3 is 0 Å². The Balaban J connectivity index is 2.02. The van der Waals surface area contributed by atoms with E-state index in [-0.39, 0.29) is 0 Å². The van der Waals surface area contributed by atoms with Crippen molar-refractivity contribution < 1.29 is 5.11 Å². The number of fused-ring (bicyclic) bond motifs is 1. The van der Waals surface area contributed by atoms with Gasteiger partial charge in [0.25, 0.3) is 0 Å². The van der Waals surface area contributed by atoms with Gasteiger partial charge in [-0.15, -0.1) is 0 Å². The van der Waals surface area contributed by atoms with Crippen LogP contribution in [0.15, 0.2) is 59.2 Å². The fraction of sp³-hybridized carbons (Fsp3) is 0.118. The Morgan fingerprint density at radius 2 is 1.80 bits per heavy atom. The van der Waals surface area contributed by atoms with Crippen LogP contribution in [-0.4, -0.2) is 10.1 Å². The average Bonchev–Trinajstić information content (AvgIpc) is 2.49. The molecule has 0 aliphatic carbocycles. The molecule has 3 heteroatoms. The van der Waals surface area contributed by atoms with Crippen molar-refractivity contribution in [3.8, 4) is 0 Å². The van der Waals surface area contributed by atoms with Gasteiger partial charge in [-0.3, -0.25) is 4.98 Å². The minimum atomic E-state index is -0.640. The first-order valence-corrected chi connectivity index (χ1v) is 7.23. The maximum absolute atomic E-state index is 10.5. The largest absolute Gasteiger partial charge is 0.384 e. The molecular weight excluding hydrogens is 314 g/mol. The first kappa shape index (κ1) is 13.3. The van der Waals surface area contributed by atoms with Crippen molar-refractivity contribution in [3.63, 3.8) is 0 Å². The molecule has 1 unspecified atom stereocenters. The normalized spacial score (nSPS) is 12.6. The molecule has 100 valence electrons. The number of pyridine rings is 1. The SMILES string of the molecule is Cc1ccc(C(O)c2ccc3cccnc3c2)cc1Br. The number of hydrogen-bond donors (Lipinski definition) is 1. The van der Waals surface area contributed by atoms with Crippen molar-refractivity contribution in [2.45, 2.75) is 13.0 Å². The fourth-order valence-corrected chi connectivity index (χ4v) is 2.62. The molecular formula is C17H14BrNO. The predicted molar refractivity (Wildman–Crippen MR) is 84.7 cm³/mol. The molecule has 20 heavy (non-hydrogen) atoms. The lowest BCUT2D eigenvalue weighted by molar-refractivity contribution is 0.220. The van der Waals surface area contributed by atoms with Gasteiger partial charge in [0.2, 0.25) is 0 Å². The summed E-state index contributed by atoms with van der Waals surface area (Å²) in [4.78, 5) is 4.33. The Kier molecular flexibility index (Phi) is 3.55. The Morgan fingerprint density at radius 1 is 1.05 bits per heavy atom. The van der Waals surface area contributed by atoms with Gasteiger partial charge in [0, 0.05) is 16.1 Å². The van der Waals surface area contributed by atoms with Crippen molar-refractivity contribution in [2.24, 2.45) is 0 Å². The van der Waals surface area contributed by atoms with Gasteiger partial charge < -0.3 is 5.11 Å². The second-order valence-electron chi connectivity index (χ2n) is 4.87. The summed E-state index contributed by atoms with van der Waals surface area (Å²) in [5, 5.41) is 11.6. The summed E-state index contributed by atoms with van der Waals surface area (Å²) in [6, 6.07) is 15.7. The second-order valence-corrected chi connectivity index (χ2v) is 5.72. The van der Waals surface area contributed by atoms with E-state index in [1.54, 1.807) is 6.20 Å². The minimum absolute atomic E-state index is 0.640. The molecule has 1 aromatic heterocycles. The van der Waals surface area contributed by atoms with Gasteiger partial charge in [-0.1, -0.05) is 46.3 Å². The smallest absolute Gasteiger partial charge is 0.104 e. The third kappa shape index (κ3) is 2.47. The summed E-state index contributed by atoms with van der Waals surface area (Å²) in [5.74, 6) is 0. The molecule has 0 saturated carbocycles. The summed E-state index contributed by atoms with van der Waals surface area (Å²) in [5.41, 5.74) is 3.78. The number of aryl methyl sites for hydroxylation is 1. The van der Waals surface area contributed by atoms with Crippen LogP contribution in [0.5, 0.6) is 0 Å². The van der Waals surface area contributed by atoms with E-state index < -0.39 is 6.10 Å². The molecule has 0 aliphatic heterocycles. The number of nitrogens with zero attached hydrogens (tertiary/aromatic N) is 1. The monoisotopic (exact) mass is 327 g/mol. The van der Waals surface area contributed by atoms with Crippen LogP contribution in [-0.2, 0) is 0 Å². The second kappa shape index (κ2) is 5.35. The average molecular weight is 328 g/mol. The number of aromatic nitrogens is 1. The van der Waals surface area contributed by atoms with Gasteiger partial charge in [-0.25, -0.2) is 0 Å². The molecule has 2 aromatic carbocycles. The summed E-state index contributed by atoms with van der Waals surface area (Å²) >= 11 is 3.50. The molecule has 0 aliphatic rings. The quantitative estimate of drug-likeness (QED) is 0.757. The minimum Gasteiger partial charge on any atom is -0.384 e. The zero-order valence-corrected chi connectivity index (χ0v) is 12.6. The molecule has 3 rings (SSSR count). The van der Waals surface area contributed by atoms with Crippen molar-refractivity contribution in [3.05, 3.63) is 75.9 Å². The third-order valence-electron chi connectivity index (χ3n) is 3.46. The first-order chi connectivity index (χ1) is 9.65. The lowest BCUT2D eigenvalue weighted by Gasteiger charge is -2.13. The maximum Gasteiger partial charge on any atom is 0.104 e. The highest BCUT2D eigenvalue weighted by Crippen LogP contribution is 2.27. The van der Waals surface area contributed by atoms with E-state index in [1.807, 2.05) is 55.5 Å². The fourth-order valence-electron chi connectivity index (χ4n) is 2.23. The lowest BCUT2D eigenvalue weighted by Crippen LogP contribution is -2.00. The topological polar surface area (TPSA) is 33.1 Å². The van der Waals surface area contributed by atoms with E-state index in [9.17, 15) is 5.11 Å². The van der Waals surface area contributed by atoms with Gasteiger partial charge in [0.05, 0.1) is 5.52 Å². The first-order valence-electron chi connectivity index (χ1n) is 6.44. The standard InChI is InChI=1S/C17H14BrNO/c1-11-4-5-13(9-15(11)18)17(20)14-7-6-12-3-2-8-19-16(12)10-14/h2-10,17,20H,1H3. The van der Waals surface area contributed by atoms with Crippen LogP contribution in [0.4, 0.5) is 0 Å². The Bertz CT molecular complexity index is 770. The van der Waals surface area contributed by atoms with E-state index in [1.165, 1.54) is 0 Å². The number of aliphatic hydroxyl groups excluding tert-OH is 1. The van der Waals surface area contributed by atoms with E-state index in [0.29, 0.717) is 0 Å². The van der Waals surface area contributed by atoms with Crippen molar-refractivity contribution in [1.29, 1.82) is 0 Å². The maximum atomic E-state index is 10.5. The van der Waals surface area contributed by atoms with Crippen molar-refractivity contribution in [1.82, 2.24) is 4.98 Å². The van der Waals surface area contributed by atoms with Crippen LogP contribution in [0.2, 0.25) is 0 Å². The molecule has 3 aromatic rings. The van der Waals surface area contributed by atoms with Gasteiger partial charge in [0.15, 0.2) is 0 Å². The van der Waals surface area contributed by atoms with Crippen LogP contribution < -0.4 is 0 Å². The van der Waals surface area contributed by atoms with Crippen LogP contribution >= 0.6 is 15.9 Å². The molecule has 1 heterocycles. The van der Waals surface area contributed by atoms with E-state index in [2.05, 4.69) is 20.9 Å². The van der Waals surface area contributed by atoms with E-state index in [0.717, 1.165) is 32.1 Å². The third-order valence-corrected chi connectivity index (χ3v) is 4.31. The molecule has 0 fully saturated rings. The molecule has 0 bridgehead atoms. The molecule has 2 nitrogen and oxygen atoms in total. The number of benzene rings is 2. The van der Waals surface area contributed by atoms with Gasteiger partial charge in [0.1, 0.15) is 6.10 Å².